The van der Waals surface area contributed by atoms with Crippen LogP contribution in [0.4, 0.5) is 5.69 Å². The van der Waals surface area contributed by atoms with Gasteiger partial charge in [-0.25, -0.2) is 5.48 Å². The number of hydroxylamine groups is 1. The third-order valence-corrected chi connectivity index (χ3v) is 3.42. The number of hydrogen-bond acceptors (Lipinski definition) is 4. The van der Waals surface area contributed by atoms with Crippen molar-refractivity contribution in [2.45, 2.75) is 6.54 Å². The normalized spacial score (nSPS) is 10.4. The maximum Gasteiger partial charge on any atom is 0.274 e. The lowest BCUT2D eigenvalue weighted by Gasteiger charge is -2.08. The van der Waals surface area contributed by atoms with E-state index in [2.05, 4.69) is 16.4 Å². The van der Waals surface area contributed by atoms with Gasteiger partial charge in [-0.3, -0.25) is 15.0 Å². The number of carbonyl (C=O) groups is 1. The van der Waals surface area contributed by atoms with Crippen molar-refractivity contribution in [3.8, 4) is 0 Å². The maximum absolute atomic E-state index is 11.2. The largest absolute Gasteiger partial charge is 0.381 e. The number of benzene rings is 2. The summed E-state index contributed by atoms with van der Waals surface area (Å²) in [5, 5.41) is 13.0. The highest BCUT2D eigenvalue weighted by atomic mass is 16.5. The van der Waals surface area contributed by atoms with E-state index in [0.29, 0.717) is 12.1 Å². The molecule has 0 aliphatic heterocycles. The van der Waals surface area contributed by atoms with Gasteiger partial charge in [0.25, 0.3) is 5.91 Å². The molecule has 0 aliphatic rings. The van der Waals surface area contributed by atoms with Crippen molar-refractivity contribution < 1.29 is 10.0 Å². The Labute approximate surface area is 127 Å². The predicted octanol–water partition coefficient (Wildman–Crippen LogP) is 2.97. The van der Waals surface area contributed by atoms with Crippen LogP contribution in [-0.2, 0) is 6.54 Å². The van der Waals surface area contributed by atoms with Gasteiger partial charge in [0.05, 0.1) is 5.52 Å². The molecule has 0 bridgehead atoms. The van der Waals surface area contributed by atoms with E-state index in [1.807, 2.05) is 36.4 Å². The molecule has 22 heavy (non-hydrogen) atoms. The Kier molecular flexibility index (Phi) is 3.98. The molecular weight excluding hydrogens is 278 g/mol. The molecule has 1 heterocycles. The van der Waals surface area contributed by atoms with Crippen molar-refractivity contribution in [1.29, 1.82) is 0 Å². The molecule has 1 amide bonds. The van der Waals surface area contributed by atoms with E-state index in [4.69, 9.17) is 5.21 Å². The minimum Gasteiger partial charge on any atom is -0.381 e. The predicted molar refractivity (Wildman–Crippen MR) is 84.8 cm³/mol. The number of fused-ring (bicyclic) bond motifs is 1. The molecule has 0 fully saturated rings. The number of carbonyl (C=O) groups excluding carboxylic acids is 1. The van der Waals surface area contributed by atoms with E-state index in [1.54, 1.807) is 23.8 Å². The van der Waals surface area contributed by atoms with Crippen LogP contribution in [0, 0.1) is 0 Å². The summed E-state index contributed by atoms with van der Waals surface area (Å²) in [4.78, 5) is 15.5. The van der Waals surface area contributed by atoms with E-state index < -0.39 is 5.91 Å². The molecule has 0 radical (unpaired) electrons. The van der Waals surface area contributed by atoms with E-state index in [1.165, 1.54) is 0 Å². The summed E-state index contributed by atoms with van der Waals surface area (Å²) in [6, 6.07) is 17.0. The first-order valence-corrected chi connectivity index (χ1v) is 6.88. The van der Waals surface area contributed by atoms with Gasteiger partial charge in [-0.05, 0) is 42.0 Å². The quantitative estimate of drug-likeness (QED) is 0.511. The number of nitrogens with zero attached hydrogens (tertiary/aromatic N) is 1. The summed E-state index contributed by atoms with van der Waals surface area (Å²) in [7, 11) is 0. The van der Waals surface area contributed by atoms with Gasteiger partial charge < -0.3 is 5.32 Å². The molecule has 0 saturated carbocycles. The third kappa shape index (κ3) is 3.05. The van der Waals surface area contributed by atoms with Gasteiger partial charge >= 0.3 is 0 Å². The summed E-state index contributed by atoms with van der Waals surface area (Å²) in [6.45, 7) is 0.646. The lowest BCUT2D eigenvalue weighted by Crippen LogP contribution is -2.18. The van der Waals surface area contributed by atoms with Crippen LogP contribution in [0.15, 0.2) is 60.8 Å². The second-order valence-electron chi connectivity index (χ2n) is 4.90. The highest BCUT2D eigenvalue weighted by Crippen LogP contribution is 2.17. The fraction of sp³-hybridized carbons (Fsp3) is 0.0588. The van der Waals surface area contributed by atoms with Crippen molar-refractivity contribution in [3.05, 3.63) is 71.9 Å². The van der Waals surface area contributed by atoms with E-state index in [-0.39, 0.29) is 0 Å². The number of rotatable bonds is 4. The summed E-state index contributed by atoms with van der Waals surface area (Å²) in [5.74, 6) is -0.512. The molecule has 3 aromatic rings. The van der Waals surface area contributed by atoms with Gasteiger partial charge in [0.1, 0.15) is 0 Å². The van der Waals surface area contributed by atoms with Gasteiger partial charge in [0.2, 0.25) is 0 Å². The van der Waals surface area contributed by atoms with Gasteiger partial charge in [-0.1, -0.05) is 18.2 Å². The van der Waals surface area contributed by atoms with Crippen molar-refractivity contribution >= 4 is 22.5 Å². The van der Waals surface area contributed by atoms with Gasteiger partial charge in [-0.15, -0.1) is 0 Å². The molecule has 3 N–H and O–H groups in total. The summed E-state index contributed by atoms with van der Waals surface area (Å²) >= 11 is 0. The van der Waals surface area contributed by atoms with Crippen LogP contribution in [0.25, 0.3) is 10.9 Å². The van der Waals surface area contributed by atoms with Crippen LogP contribution in [0.3, 0.4) is 0 Å². The average molecular weight is 293 g/mol. The summed E-state index contributed by atoms with van der Waals surface area (Å²) in [5.41, 5.74) is 5.05. The molecule has 110 valence electrons. The van der Waals surface area contributed by atoms with E-state index in [9.17, 15) is 4.79 Å². The minimum absolute atomic E-state index is 0.419. The lowest BCUT2D eigenvalue weighted by molar-refractivity contribution is 0.0706. The van der Waals surface area contributed by atoms with Gasteiger partial charge in [0, 0.05) is 29.4 Å². The number of nitrogens with one attached hydrogen (secondary N) is 2. The molecule has 5 nitrogen and oxygen atoms in total. The molecule has 3 rings (SSSR count). The zero-order valence-corrected chi connectivity index (χ0v) is 11.8. The third-order valence-electron chi connectivity index (χ3n) is 3.42. The summed E-state index contributed by atoms with van der Waals surface area (Å²) in [6.07, 6.45) is 1.78. The number of anilines is 1. The van der Waals surface area contributed by atoms with Crippen LogP contribution >= 0.6 is 0 Å². The number of aromatic nitrogens is 1. The first-order valence-electron chi connectivity index (χ1n) is 6.88. The molecular formula is C17H15N3O2. The minimum atomic E-state index is -0.512. The molecule has 2 aromatic carbocycles. The fourth-order valence-electron chi connectivity index (χ4n) is 2.23. The first kappa shape index (κ1) is 14.0. The molecule has 5 heteroatoms. The van der Waals surface area contributed by atoms with E-state index >= 15 is 0 Å². The van der Waals surface area contributed by atoms with Crippen LogP contribution < -0.4 is 10.8 Å². The fourth-order valence-corrected chi connectivity index (χ4v) is 2.23. The number of pyridine rings is 1. The van der Waals surface area contributed by atoms with Crippen molar-refractivity contribution in [1.82, 2.24) is 10.5 Å². The topological polar surface area (TPSA) is 74.2 Å². The molecule has 0 atom stereocenters. The highest BCUT2D eigenvalue weighted by molar-refractivity contribution is 5.93. The smallest absolute Gasteiger partial charge is 0.274 e. The Bertz CT molecular complexity index is 800. The van der Waals surface area contributed by atoms with Crippen LogP contribution in [0.2, 0.25) is 0 Å². The lowest BCUT2D eigenvalue weighted by atomic mass is 10.1. The van der Waals surface area contributed by atoms with Crippen LogP contribution in [0.1, 0.15) is 15.9 Å². The average Bonchev–Trinajstić information content (AvgIpc) is 2.59. The first-order chi connectivity index (χ1) is 10.8. The second kappa shape index (κ2) is 6.24. The monoisotopic (exact) mass is 293 g/mol. The highest BCUT2D eigenvalue weighted by Gasteiger charge is 2.03. The number of hydrogen-bond donors (Lipinski definition) is 3. The Morgan fingerprint density at radius 1 is 1.09 bits per heavy atom. The Hall–Kier alpha value is -2.92. The molecule has 0 aliphatic carbocycles. The summed E-state index contributed by atoms with van der Waals surface area (Å²) < 4.78 is 0. The zero-order valence-electron chi connectivity index (χ0n) is 11.8. The Morgan fingerprint density at radius 2 is 1.91 bits per heavy atom. The van der Waals surface area contributed by atoms with Crippen LogP contribution in [0.5, 0.6) is 0 Å². The second-order valence-corrected chi connectivity index (χ2v) is 4.90. The van der Waals surface area contributed by atoms with Gasteiger partial charge in [0.15, 0.2) is 0 Å². The van der Waals surface area contributed by atoms with Crippen LogP contribution in [-0.4, -0.2) is 16.1 Å². The Balaban J connectivity index is 1.69. The number of amides is 1. The van der Waals surface area contributed by atoms with Crippen molar-refractivity contribution in [3.63, 3.8) is 0 Å². The SMILES string of the molecule is O=C(NO)c1ccc(CNc2ccc3ncccc3c2)cc1. The molecule has 0 unspecified atom stereocenters. The van der Waals surface area contributed by atoms with Gasteiger partial charge in [-0.2, -0.15) is 0 Å². The van der Waals surface area contributed by atoms with Crippen molar-refractivity contribution in [2.24, 2.45) is 0 Å². The maximum atomic E-state index is 11.2. The zero-order chi connectivity index (χ0) is 15.4. The Morgan fingerprint density at radius 3 is 2.68 bits per heavy atom. The van der Waals surface area contributed by atoms with E-state index in [0.717, 1.165) is 22.2 Å². The van der Waals surface area contributed by atoms with Crippen molar-refractivity contribution in [2.75, 3.05) is 5.32 Å². The molecule has 0 saturated heterocycles. The molecule has 0 spiro atoms. The molecule has 1 aromatic heterocycles. The standard InChI is InChI=1S/C17H15N3O2/c21-17(20-22)13-5-3-12(4-6-13)11-19-15-7-8-16-14(10-15)2-1-9-18-16/h1-10,19,22H,11H2,(H,20,21).